The molecule has 0 bridgehead atoms. The van der Waals surface area contributed by atoms with Crippen molar-refractivity contribution in [3.63, 3.8) is 0 Å². The molecule has 2 N–H and O–H groups in total. The van der Waals surface area contributed by atoms with Gasteiger partial charge in [-0.25, -0.2) is 4.39 Å². The van der Waals surface area contributed by atoms with Crippen LogP contribution in [0.2, 0.25) is 5.02 Å². The highest BCUT2D eigenvalue weighted by Crippen LogP contribution is 2.26. The van der Waals surface area contributed by atoms with Crippen LogP contribution >= 0.6 is 24.0 Å². The maximum absolute atomic E-state index is 13.3. The van der Waals surface area contributed by atoms with Gasteiger partial charge in [0.15, 0.2) is 0 Å². The Hall–Kier alpha value is -1.66. The normalized spacial score (nSPS) is 18.1. The van der Waals surface area contributed by atoms with Crippen LogP contribution in [0.25, 0.3) is 0 Å². The summed E-state index contributed by atoms with van der Waals surface area (Å²) in [7, 11) is 0. The first-order valence-corrected chi connectivity index (χ1v) is 8.57. The van der Waals surface area contributed by atoms with E-state index < -0.39 is 11.9 Å². The van der Waals surface area contributed by atoms with Gasteiger partial charge in [0.2, 0.25) is 5.91 Å². The second kappa shape index (κ2) is 9.33. The number of carbonyl (C=O) groups is 1. The van der Waals surface area contributed by atoms with Crippen molar-refractivity contribution in [2.24, 2.45) is 5.73 Å². The lowest BCUT2D eigenvalue weighted by molar-refractivity contribution is -0.140. The third-order valence-corrected chi connectivity index (χ3v) is 4.60. The van der Waals surface area contributed by atoms with Crippen LogP contribution < -0.4 is 5.73 Å². The van der Waals surface area contributed by atoms with E-state index in [-0.39, 0.29) is 29.4 Å². The SMILES string of the molecule is Cl.N[C@@H](Cc1ccccc1)C(=O)N1CCOC(c2ccc(F)c(Cl)c2)C1. The number of nitrogens with two attached hydrogens (primary N) is 1. The minimum absolute atomic E-state index is 0. The standard InChI is InChI=1S/C19H20ClFN2O2.ClH/c20-15-11-14(6-7-16(15)21)18-12-23(8-9-25-18)19(24)17(22)10-13-4-2-1-3-5-13;/h1-7,11,17-18H,8-10,12,22H2;1H/t17-,18?;/m0./s1. The molecule has 140 valence electrons. The Balaban J connectivity index is 0.00000243. The molecule has 0 aromatic heterocycles. The predicted octanol–water partition coefficient (Wildman–Crippen LogP) is 3.37. The third kappa shape index (κ3) is 4.95. The Labute approximate surface area is 163 Å². The summed E-state index contributed by atoms with van der Waals surface area (Å²) >= 11 is 5.84. The van der Waals surface area contributed by atoms with Crippen molar-refractivity contribution >= 4 is 29.9 Å². The highest BCUT2D eigenvalue weighted by atomic mass is 35.5. The number of rotatable bonds is 4. The van der Waals surface area contributed by atoms with Crippen molar-refractivity contribution in [2.75, 3.05) is 19.7 Å². The number of carbonyl (C=O) groups excluding carboxylic acids is 1. The smallest absolute Gasteiger partial charge is 0.240 e. The van der Waals surface area contributed by atoms with Crippen molar-refractivity contribution in [3.05, 3.63) is 70.5 Å². The van der Waals surface area contributed by atoms with Crippen molar-refractivity contribution in [3.8, 4) is 0 Å². The number of ether oxygens (including phenoxy) is 1. The summed E-state index contributed by atoms with van der Waals surface area (Å²) in [6, 6.07) is 13.6. The fraction of sp³-hybridized carbons (Fsp3) is 0.316. The molecule has 0 radical (unpaired) electrons. The Morgan fingerprint density at radius 1 is 1.31 bits per heavy atom. The lowest BCUT2D eigenvalue weighted by Gasteiger charge is -2.34. The monoisotopic (exact) mass is 398 g/mol. The Kier molecular flexibility index (Phi) is 7.41. The zero-order chi connectivity index (χ0) is 17.8. The molecule has 26 heavy (non-hydrogen) atoms. The summed E-state index contributed by atoms with van der Waals surface area (Å²) < 4.78 is 19.1. The second-order valence-corrected chi connectivity index (χ2v) is 6.52. The van der Waals surface area contributed by atoms with Crippen LogP contribution in [0.1, 0.15) is 17.2 Å². The van der Waals surface area contributed by atoms with Gasteiger partial charge in [0, 0.05) is 6.54 Å². The topological polar surface area (TPSA) is 55.6 Å². The molecule has 1 aliphatic rings. The zero-order valence-electron chi connectivity index (χ0n) is 14.1. The molecule has 1 saturated heterocycles. The molecule has 0 saturated carbocycles. The molecule has 4 nitrogen and oxygen atoms in total. The predicted molar refractivity (Wildman–Crippen MR) is 102 cm³/mol. The second-order valence-electron chi connectivity index (χ2n) is 6.11. The minimum atomic E-state index is -0.599. The van der Waals surface area contributed by atoms with Gasteiger partial charge in [-0.3, -0.25) is 4.79 Å². The number of halogens is 3. The van der Waals surface area contributed by atoms with Crippen LogP contribution in [-0.4, -0.2) is 36.5 Å². The van der Waals surface area contributed by atoms with E-state index in [1.54, 1.807) is 17.0 Å². The van der Waals surface area contributed by atoms with Gasteiger partial charge in [0.1, 0.15) is 11.9 Å². The van der Waals surface area contributed by atoms with Crippen LogP contribution in [0, 0.1) is 5.82 Å². The first-order chi connectivity index (χ1) is 12.0. The summed E-state index contributed by atoms with van der Waals surface area (Å²) in [5, 5.41) is 0.0466. The highest BCUT2D eigenvalue weighted by Gasteiger charge is 2.28. The van der Waals surface area contributed by atoms with Crippen LogP contribution in [0.3, 0.4) is 0 Å². The molecule has 1 fully saturated rings. The molecule has 2 atom stereocenters. The van der Waals surface area contributed by atoms with Gasteiger partial charge in [-0.05, 0) is 29.7 Å². The van der Waals surface area contributed by atoms with Crippen molar-refractivity contribution < 1.29 is 13.9 Å². The van der Waals surface area contributed by atoms with E-state index >= 15 is 0 Å². The van der Waals surface area contributed by atoms with E-state index in [9.17, 15) is 9.18 Å². The fourth-order valence-corrected chi connectivity index (χ4v) is 3.14. The quantitative estimate of drug-likeness (QED) is 0.858. The number of nitrogens with zero attached hydrogens (tertiary/aromatic N) is 1. The summed E-state index contributed by atoms with van der Waals surface area (Å²) in [5.41, 5.74) is 7.88. The van der Waals surface area contributed by atoms with Crippen LogP contribution in [-0.2, 0) is 16.0 Å². The van der Waals surface area contributed by atoms with Gasteiger partial charge < -0.3 is 15.4 Å². The average Bonchev–Trinajstić information content (AvgIpc) is 2.64. The van der Waals surface area contributed by atoms with E-state index in [0.29, 0.717) is 26.1 Å². The van der Waals surface area contributed by atoms with Gasteiger partial charge in [0.25, 0.3) is 0 Å². The molecular weight excluding hydrogens is 378 g/mol. The van der Waals surface area contributed by atoms with E-state index in [0.717, 1.165) is 11.1 Å². The lowest BCUT2D eigenvalue weighted by Crippen LogP contribution is -2.50. The van der Waals surface area contributed by atoms with Crippen LogP contribution in [0.5, 0.6) is 0 Å². The number of morpholine rings is 1. The van der Waals surface area contributed by atoms with E-state index in [1.807, 2.05) is 30.3 Å². The largest absolute Gasteiger partial charge is 0.370 e. The molecule has 2 aromatic rings. The van der Waals surface area contributed by atoms with Crippen molar-refractivity contribution in [1.29, 1.82) is 0 Å². The van der Waals surface area contributed by atoms with Crippen molar-refractivity contribution in [2.45, 2.75) is 18.6 Å². The van der Waals surface area contributed by atoms with E-state index in [4.69, 9.17) is 22.1 Å². The Bertz CT molecular complexity index is 746. The highest BCUT2D eigenvalue weighted by molar-refractivity contribution is 6.30. The Morgan fingerprint density at radius 2 is 2.04 bits per heavy atom. The summed E-state index contributed by atoms with van der Waals surface area (Å²) in [5.74, 6) is -0.579. The summed E-state index contributed by atoms with van der Waals surface area (Å²) in [4.78, 5) is 14.4. The number of amides is 1. The molecule has 0 spiro atoms. The van der Waals surface area contributed by atoms with E-state index in [2.05, 4.69) is 0 Å². The lowest BCUT2D eigenvalue weighted by atomic mass is 10.0. The molecule has 2 aromatic carbocycles. The first-order valence-electron chi connectivity index (χ1n) is 8.19. The fourth-order valence-electron chi connectivity index (χ4n) is 2.95. The number of hydrogen-bond donors (Lipinski definition) is 1. The maximum atomic E-state index is 13.3. The van der Waals surface area contributed by atoms with Gasteiger partial charge in [0.05, 0.1) is 24.2 Å². The summed E-state index contributed by atoms with van der Waals surface area (Å²) in [6.07, 6.45) is 0.157. The van der Waals surface area contributed by atoms with Crippen LogP contribution in [0.4, 0.5) is 4.39 Å². The van der Waals surface area contributed by atoms with Crippen LogP contribution in [0.15, 0.2) is 48.5 Å². The van der Waals surface area contributed by atoms with Gasteiger partial charge in [-0.1, -0.05) is 48.0 Å². The third-order valence-electron chi connectivity index (χ3n) is 4.31. The summed E-state index contributed by atoms with van der Waals surface area (Å²) in [6.45, 7) is 1.28. The molecule has 3 rings (SSSR count). The molecule has 1 unspecified atom stereocenters. The zero-order valence-corrected chi connectivity index (χ0v) is 15.7. The maximum Gasteiger partial charge on any atom is 0.240 e. The van der Waals surface area contributed by atoms with E-state index in [1.165, 1.54) is 6.07 Å². The molecular formula is C19H21Cl2FN2O2. The Morgan fingerprint density at radius 3 is 2.73 bits per heavy atom. The van der Waals surface area contributed by atoms with Gasteiger partial charge in [-0.2, -0.15) is 0 Å². The first kappa shape index (κ1) is 20.6. The molecule has 1 amide bonds. The minimum Gasteiger partial charge on any atom is -0.370 e. The number of benzene rings is 2. The number of hydrogen-bond acceptors (Lipinski definition) is 3. The molecule has 1 aliphatic heterocycles. The molecule has 0 aliphatic carbocycles. The molecule has 1 heterocycles. The van der Waals surface area contributed by atoms with Crippen molar-refractivity contribution in [1.82, 2.24) is 4.90 Å². The molecule has 7 heteroatoms. The average molecular weight is 399 g/mol. The van der Waals surface area contributed by atoms with Gasteiger partial charge >= 0.3 is 0 Å². The van der Waals surface area contributed by atoms with Gasteiger partial charge in [-0.15, -0.1) is 12.4 Å².